The van der Waals surface area contributed by atoms with Crippen LogP contribution >= 0.6 is 0 Å². The lowest BCUT2D eigenvalue weighted by Gasteiger charge is -2.33. The monoisotopic (exact) mass is 274 g/mol. The van der Waals surface area contributed by atoms with Gasteiger partial charge in [0.05, 0.1) is 6.54 Å². The van der Waals surface area contributed by atoms with Gasteiger partial charge in [0.25, 0.3) is 0 Å². The highest BCUT2D eigenvalue weighted by atomic mass is 16.1. The van der Waals surface area contributed by atoms with Crippen LogP contribution in [-0.4, -0.2) is 25.0 Å². The maximum absolute atomic E-state index is 12.0. The molecule has 1 amide bonds. The minimum atomic E-state index is -0.0760. The Morgan fingerprint density at radius 2 is 1.95 bits per heavy atom. The summed E-state index contributed by atoms with van der Waals surface area (Å²) in [6, 6.07) is 10.4. The molecule has 3 heteroatoms. The van der Waals surface area contributed by atoms with Crippen LogP contribution in [0.25, 0.3) is 0 Å². The highest BCUT2D eigenvalue weighted by Gasteiger charge is 2.29. The van der Waals surface area contributed by atoms with E-state index in [9.17, 15) is 4.79 Å². The quantitative estimate of drug-likeness (QED) is 0.802. The molecule has 1 fully saturated rings. The third-order valence-corrected chi connectivity index (χ3v) is 4.39. The molecule has 0 saturated heterocycles. The summed E-state index contributed by atoms with van der Waals surface area (Å²) in [5.41, 5.74) is 1.17. The first-order valence-electron chi connectivity index (χ1n) is 7.55. The van der Waals surface area contributed by atoms with Crippen molar-refractivity contribution in [2.24, 2.45) is 5.92 Å². The molecule has 1 unspecified atom stereocenters. The van der Waals surface area contributed by atoms with E-state index in [1.54, 1.807) is 0 Å². The number of carbonyl (C=O) groups is 1. The number of amides is 1. The van der Waals surface area contributed by atoms with Gasteiger partial charge in [0.2, 0.25) is 5.91 Å². The fourth-order valence-corrected chi connectivity index (χ4v) is 2.30. The van der Waals surface area contributed by atoms with Crippen molar-refractivity contribution < 1.29 is 4.79 Å². The van der Waals surface area contributed by atoms with Gasteiger partial charge in [-0.05, 0) is 37.8 Å². The SMILES string of the molecule is CC(NC(=O)CNCC1CC1)C(C)(C)c1ccccc1. The number of benzene rings is 1. The van der Waals surface area contributed by atoms with E-state index in [1.165, 1.54) is 18.4 Å². The lowest BCUT2D eigenvalue weighted by molar-refractivity contribution is -0.121. The molecule has 1 aromatic rings. The summed E-state index contributed by atoms with van der Waals surface area (Å²) >= 11 is 0. The minimum Gasteiger partial charge on any atom is -0.352 e. The van der Waals surface area contributed by atoms with Crippen molar-refractivity contribution >= 4 is 5.91 Å². The standard InChI is InChI=1S/C17H26N2O/c1-13(17(2,3)15-7-5-4-6-8-15)19-16(20)12-18-11-14-9-10-14/h4-8,13-14,18H,9-12H2,1-3H3,(H,19,20). The van der Waals surface area contributed by atoms with Crippen LogP contribution < -0.4 is 10.6 Å². The lowest BCUT2D eigenvalue weighted by atomic mass is 9.78. The lowest BCUT2D eigenvalue weighted by Crippen LogP contribution is -2.48. The third-order valence-electron chi connectivity index (χ3n) is 4.39. The van der Waals surface area contributed by atoms with Crippen LogP contribution in [0.15, 0.2) is 30.3 Å². The topological polar surface area (TPSA) is 41.1 Å². The van der Waals surface area contributed by atoms with Crippen LogP contribution in [0.5, 0.6) is 0 Å². The summed E-state index contributed by atoms with van der Waals surface area (Å²) in [4.78, 5) is 12.0. The van der Waals surface area contributed by atoms with Gasteiger partial charge in [-0.2, -0.15) is 0 Å². The predicted octanol–water partition coefficient (Wildman–Crippen LogP) is 2.47. The number of rotatable bonds is 7. The Labute approximate surface area is 122 Å². The molecule has 0 heterocycles. The molecule has 2 rings (SSSR count). The first-order chi connectivity index (χ1) is 9.50. The molecule has 110 valence electrons. The van der Waals surface area contributed by atoms with Crippen molar-refractivity contribution in [3.8, 4) is 0 Å². The van der Waals surface area contributed by atoms with Crippen molar-refractivity contribution in [1.29, 1.82) is 0 Å². The second-order valence-electron chi connectivity index (χ2n) is 6.45. The van der Waals surface area contributed by atoms with E-state index in [4.69, 9.17) is 0 Å². The largest absolute Gasteiger partial charge is 0.352 e. The van der Waals surface area contributed by atoms with E-state index in [0.717, 1.165) is 12.5 Å². The van der Waals surface area contributed by atoms with Crippen molar-refractivity contribution in [2.75, 3.05) is 13.1 Å². The minimum absolute atomic E-state index is 0.0760. The fourth-order valence-electron chi connectivity index (χ4n) is 2.30. The predicted molar refractivity (Wildman–Crippen MR) is 82.7 cm³/mol. The normalized spacial score (nSPS) is 16.8. The Bertz CT molecular complexity index is 438. The zero-order valence-electron chi connectivity index (χ0n) is 12.8. The number of carbonyl (C=O) groups excluding carboxylic acids is 1. The van der Waals surface area contributed by atoms with E-state index >= 15 is 0 Å². The molecule has 3 nitrogen and oxygen atoms in total. The maximum atomic E-state index is 12.0. The van der Waals surface area contributed by atoms with E-state index in [0.29, 0.717) is 6.54 Å². The van der Waals surface area contributed by atoms with Gasteiger partial charge in [-0.15, -0.1) is 0 Å². The molecule has 1 aliphatic rings. The average molecular weight is 274 g/mol. The molecule has 0 spiro atoms. The van der Waals surface area contributed by atoms with Crippen LogP contribution in [0.4, 0.5) is 0 Å². The molecular formula is C17H26N2O. The number of hydrogen-bond acceptors (Lipinski definition) is 2. The van der Waals surface area contributed by atoms with Crippen LogP contribution in [-0.2, 0) is 10.2 Å². The molecule has 0 aromatic heterocycles. The molecule has 1 saturated carbocycles. The van der Waals surface area contributed by atoms with Crippen molar-refractivity contribution in [3.63, 3.8) is 0 Å². The van der Waals surface area contributed by atoms with E-state index < -0.39 is 0 Å². The number of nitrogens with one attached hydrogen (secondary N) is 2. The molecule has 20 heavy (non-hydrogen) atoms. The van der Waals surface area contributed by atoms with E-state index in [-0.39, 0.29) is 17.4 Å². The Hall–Kier alpha value is -1.35. The Balaban J connectivity index is 1.82. The van der Waals surface area contributed by atoms with Gasteiger partial charge in [0, 0.05) is 11.5 Å². The summed E-state index contributed by atoms with van der Waals surface area (Å²) < 4.78 is 0. The number of hydrogen-bond donors (Lipinski definition) is 2. The first kappa shape index (κ1) is 15.0. The summed E-state index contributed by atoms with van der Waals surface area (Å²) in [5.74, 6) is 0.892. The average Bonchev–Trinajstić information content (AvgIpc) is 3.23. The summed E-state index contributed by atoms with van der Waals surface area (Å²) in [6.07, 6.45) is 2.62. The highest BCUT2D eigenvalue weighted by molar-refractivity contribution is 5.78. The van der Waals surface area contributed by atoms with Crippen LogP contribution in [0.3, 0.4) is 0 Å². The summed E-state index contributed by atoms with van der Waals surface area (Å²) in [7, 11) is 0. The molecule has 2 N–H and O–H groups in total. The Morgan fingerprint density at radius 1 is 1.30 bits per heavy atom. The molecule has 1 atom stereocenters. The third kappa shape index (κ3) is 4.07. The van der Waals surface area contributed by atoms with Gasteiger partial charge in [-0.3, -0.25) is 4.79 Å². The van der Waals surface area contributed by atoms with Gasteiger partial charge in [-0.1, -0.05) is 44.2 Å². The molecular weight excluding hydrogens is 248 g/mol. The van der Waals surface area contributed by atoms with Gasteiger partial charge in [0.15, 0.2) is 0 Å². The molecule has 0 aliphatic heterocycles. The van der Waals surface area contributed by atoms with E-state index in [1.807, 2.05) is 18.2 Å². The fraction of sp³-hybridized carbons (Fsp3) is 0.588. The van der Waals surface area contributed by atoms with Crippen LogP contribution in [0.1, 0.15) is 39.2 Å². The van der Waals surface area contributed by atoms with Crippen molar-refractivity contribution in [1.82, 2.24) is 10.6 Å². The molecule has 0 bridgehead atoms. The summed E-state index contributed by atoms with van der Waals surface area (Å²) in [5, 5.41) is 6.34. The molecule has 0 radical (unpaired) electrons. The molecule has 1 aromatic carbocycles. The highest BCUT2D eigenvalue weighted by Crippen LogP contribution is 2.28. The second-order valence-corrected chi connectivity index (χ2v) is 6.45. The van der Waals surface area contributed by atoms with Gasteiger partial charge >= 0.3 is 0 Å². The summed E-state index contributed by atoms with van der Waals surface area (Å²) in [6.45, 7) is 7.82. The van der Waals surface area contributed by atoms with Crippen LogP contribution in [0.2, 0.25) is 0 Å². The molecule has 1 aliphatic carbocycles. The maximum Gasteiger partial charge on any atom is 0.234 e. The zero-order chi connectivity index (χ0) is 14.6. The van der Waals surface area contributed by atoms with Crippen molar-refractivity contribution in [3.05, 3.63) is 35.9 Å². The van der Waals surface area contributed by atoms with Crippen molar-refractivity contribution in [2.45, 2.75) is 45.1 Å². The van der Waals surface area contributed by atoms with Gasteiger partial charge in [-0.25, -0.2) is 0 Å². The smallest absolute Gasteiger partial charge is 0.234 e. The van der Waals surface area contributed by atoms with Gasteiger partial charge in [0.1, 0.15) is 0 Å². The first-order valence-corrected chi connectivity index (χ1v) is 7.55. The van der Waals surface area contributed by atoms with Gasteiger partial charge < -0.3 is 10.6 Å². The zero-order valence-corrected chi connectivity index (χ0v) is 12.8. The Morgan fingerprint density at radius 3 is 2.55 bits per heavy atom. The van der Waals surface area contributed by atoms with Crippen LogP contribution in [0, 0.1) is 5.92 Å². The van der Waals surface area contributed by atoms with E-state index in [2.05, 4.69) is 43.5 Å². The Kier molecular flexibility index (Phi) is 4.81. The second kappa shape index (κ2) is 6.40.